The highest BCUT2D eigenvalue weighted by Crippen LogP contribution is 2.26. The van der Waals surface area contributed by atoms with E-state index in [0.717, 1.165) is 28.2 Å². The molecule has 0 aromatic heterocycles. The van der Waals surface area contributed by atoms with Crippen LogP contribution in [0.4, 0.5) is 11.4 Å². The molecule has 0 aliphatic rings. The van der Waals surface area contributed by atoms with E-state index in [1.54, 1.807) is 19.1 Å². The number of hydrogen-bond donors (Lipinski definition) is 1. The first-order chi connectivity index (χ1) is 13.2. The molecule has 0 fully saturated rings. The van der Waals surface area contributed by atoms with Crippen molar-refractivity contribution >= 4 is 38.1 Å². The molecular weight excluding hydrogens is 372 g/mol. The molecule has 1 unspecified atom stereocenters. The SMILES string of the molecule is Cc1ccc(N(C(C)C(=O)Nc2cccc3ccccc23)S(C)(=O)=O)cc1C. The normalized spacial score (nSPS) is 12.6. The number of amides is 1. The maximum atomic E-state index is 13.0. The molecule has 5 nitrogen and oxygen atoms in total. The number of benzene rings is 3. The Kier molecular flexibility index (Phi) is 5.42. The lowest BCUT2D eigenvalue weighted by Gasteiger charge is -2.29. The van der Waals surface area contributed by atoms with Crippen molar-refractivity contribution in [1.29, 1.82) is 0 Å². The monoisotopic (exact) mass is 396 g/mol. The molecule has 3 aromatic carbocycles. The second-order valence-corrected chi connectivity index (χ2v) is 8.88. The van der Waals surface area contributed by atoms with E-state index in [-0.39, 0.29) is 5.91 Å². The molecule has 0 radical (unpaired) electrons. The second kappa shape index (κ2) is 7.64. The Morgan fingerprint density at radius 3 is 2.32 bits per heavy atom. The molecule has 0 aliphatic heterocycles. The Morgan fingerprint density at radius 2 is 1.64 bits per heavy atom. The maximum absolute atomic E-state index is 13.0. The number of sulfonamides is 1. The van der Waals surface area contributed by atoms with Gasteiger partial charge in [-0.3, -0.25) is 9.10 Å². The van der Waals surface area contributed by atoms with Crippen LogP contribution in [0.15, 0.2) is 60.7 Å². The van der Waals surface area contributed by atoms with Crippen LogP contribution < -0.4 is 9.62 Å². The average Bonchev–Trinajstić information content (AvgIpc) is 2.64. The van der Waals surface area contributed by atoms with Gasteiger partial charge in [-0.15, -0.1) is 0 Å². The summed E-state index contributed by atoms with van der Waals surface area (Å²) >= 11 is 0. The largest absolute Gasteiger partial charge is 0.324 e. The molecule has 0 bridgehead atoms. The summed E-state index contributed by atoms with van der Waals surface area (Å²) in [4.78, 5) is 13.0. The van der Waals surface area contributed by atoms with Gasteiger partial charge in [0.15, 0.2) is 0 Å². The maximum Gasteiger partial charge on any atom is 0.248 e. The smallest absolute Gasteiger partial charge is 0.248 e. The molecule has 0 saturated carbocycles. The first-order valence-corrected chi connectivity index (χ1v) is 10.9. The third-order valence-electron chi connectivity index (χ3n) is 4.88. The first kappa shape index (κ1) is 19.9. The summed E-state index contributed by atoms with van der Waals surface area (Å²) in [5.74, 6) is -0.389. The number of fused-ring (bicyclic) bond motifs is 1. The van der Waals surface area contributed by atoms with Gasteiger partial charge in [-0.25, -0.2) is 8.42 Å². The summed E-state index contributed by atoms with van der Waals surface area (Å²) in [7, 11) is -3.65. The summed E-state index contributed by atoms with van der Waals surface area (Å²) in [6.07, 6.45) is 1.11. The zero-order valence-electron chi connectivity index (χ0n) is 16.4. The molecule has 3 aromatic rings. The Labute approximate surface area is 166 Å². The van der Waals surface area contributed by atoms with Gasteiger partial charge in [0.05, 0.1) is 11.9 Å². The number of carbonyl (C=O) groups is 1. The number of anilines is 2. The van der Waals surface area contributed by atoms with E-state index in [1.165, 1.54) is 4.31 Å². The Balaban J connectivity index is 1.95. The number of nitrogens with zero attached hydrogens (tertiary/aromatic N) is 1. The van der Waals surface area contributed by atoms with E-state index >= 15 is 0 Å². The molecule has 28 heavy (non-hydrogen) atoms. The van der Waals surface area contributed by atoms with Crippen LogP contribution in [0, 0.1) is 13.8 Å². The Bertz CT molecular complexity index is 1130. The predicted molar refractivity (Wildman–Crippen MR) is 115 cm³/mol. The van der Waals surface area contributed by atoms with Crippen molar-refractivity contribution in [3.63, 3.8) is 0 Å². The van der Waals surface area contributed by atoms with E-state index in [9.17, 15) is 13.2 Å². The minimum Gasteiger partial charge on any atom is -0.324 e. The van der Waals surface area contributed by atoms with Crippen LogP contribution in [0.5, 0.6) is 0 Å². The van der Waals surface area contributed by atoms with Gasteiger partial charge in [-0.1, -0.05) is 42.5 Å². The molecule has 0 aliphatic carbocycles. The van der Waals surface area contributed by atoms with E-state index in [4.69, 9.17) is 0 Å². The minimum absolute atomic E-state index is 0.389. The molecule has 0 spiro atoms. The van der Waals surface area contributed by atoms with Crippen molar-refractivity contribution in [1.82, 2.24) is 0 Å². The minimum atomic E-state index is -3.65. The summed E-state index contributed by atoms with van der Waals surface area (Å²) in [5, 5.41) is 4.80. The molecule has 1 amide bonds. The number of carbonyl (C=O) groups excluding carboxylic acids is 1. The van der Waals surface area contributed by atoms with Crippen molar-refractivity contribution in [2.24, 2.45) is 0 Å². The Hall–Kier alpha value is -2.86. The molecule has 1 N–H and O–H groups in total. The predicted octanol–water partition coefficient (Wildman–Crippen LogP) is 4.25. The standard InChI is InChI=1S/C22H24N2O3S/c1-15-12-13-19(14-16(15)2)24(28(4,26)27)17(3)22(25)23-21-11-7-9-18-8-5-6-10-20(18)21/h5-14,17H,1-4H3,(H,23,25). The highest BCUT2D eigenvalue weighted by Gasteiger charge is 2.29. The second-order valence-electron chi connectivity index (χ2n) is 7.02. The molecule has 0 saturated heterocycles. The van der Waals surface area contributed by atoms with Gasteiger partial charge in [-0.05, 0) is 55.5 Å². The van der Waals surface area contributed by atoms with Crippen molar-refractivity contribution in [2.75, 3.05) is 15.9 Å². The molecule has 3 rings (SSSR count). The topological polar surface area (TPSA) is 66.5 Å². The van der Waals surface area contributed by atoms with Crippen LogP contribution in [0.2, 0.25) is 0 Å². The van der Waals surface area contributed by atoms with Crippen LogP contribution in [0.25, 0.3) is 10.8 Å². The molecular formula is C22H24N2O3S. The average molecular weight is 397 g/mol. The molecule has 0 heterocycles. The fourth-order valence-corrected chi connectivity index (χ4v) is 4.41. The van der Waals surface area contributed by atoms with Gasteiger partial charge in [0.2, 0.25) is 15.9 Å². The summed E-state index contributed by atoms with van der Waals surface area (Å²) < 4.78 is 26.1. The van der Waals surface area contributed by atoms with Gasteiger partial charge in [0.25, 0.3) is 0 Å². The third-order valence-corrected chi connectivity index (χ3v) is 6.12. The van der Waals surface area contributed by atoms with Gasteiger partial charge in [0, 0.05) is 11.1 Å². The lowest BCUT2D eigenvalue weighted by molar-refractivity contribution is -0.116. The molecule has 6 heteroatoms. The first-order valence-electron chi connectivity index (χ1n) is 9.04. The van der Waals surface area contributed by atoms with Crippen molar-refractivity contribution < 1.29 is 13.2 Å². The van der Waals surface area contributed by atoms with Crippen LogP contribution in [-0.2, 0) is 14.8 Å². The zero-order chi connectivity index (χ0) is 20.5. The zero-order valence-corrected chi connectivity index (χ0v) is 17.2. The molecule has 146 valence electrons. The van der Waals surface area contributed by atoms with Gasteiger partial charge in [0.1, 0.15) is 6.04 Å². The van der Waals surface area contributed by atoms with Crippen LogP contribution in [0.1, 0.15) is 18.1 Å². The summed E-state index contributed by atoms with van der Waals surface area (Å²) in [6, 6.07) is 17.8. The number of hydrogen-bond acceptors (Lipinski definition) is 3. The Morgan fingerprint density at radius 1 is 0.964 bits per heavy atom. The van der Waals surface area contributed by atoms with Crippen molar-refractivity contribution in [2.45, 2.75) is 26.8 Å². The van der Waals surface area contributed by atoms with E-state index in [2.05, 4.69) is 5.32 Å². The van der Waals surface area contributed by atoms with Gasteiger partial charge >= 0.3 is 0 Å². The number of nitrogens with one attached hydrogen (secondary N) is 1. The number of rotatable bonds is 5. The highest BCUT2D eigenvalue weighted by molar-refractivity contribution is 7.92. The summed E-state index contributed by atoms with van der Waals surface area (Å²) in [5.41, 5.74) is 3.16. The quantitative estimate of drug-likeness (QED) is 0.701. The van der Waals surface area contributed by atoms with Crippen LogP contribution in [0.3, 0.4) is 0 Å². The fraction of sp³-hybridized carbons (Fsp3) is 0.227. The van der Waals surface area contributed by atoms with Crippen LogP contribution >= 0.6 is 0 Å². The highest BCUT2D eigenvalue weighted by atomic mass is 32.2. The van der Waals surface area contributed by atoms with Crippen LogP contribution in [-0.4, -0.2) is 26.6 Å². The van der Waals surface area contributed by atoms with E-state index in [1.807, 2.05) is 62.4 Å². The van der Waals surface area contributed by atoms with Crippen molar-refractivity contribution in [3.8, 4) is 0 Å². The lowest BCUT2D eigenvalue weighted by Crippen LogP contribution is -2.45. The van der Waals surface area contributed by atoms with Crippen molar-refractivity contribution in [3.05, 3.63) is 71.8 Å². The lowest BCUT2D eigenvalue weighted by atomic mass is 10.1. The molecule has 1 atom stereocenters. The van der Waals surface area contributed by atoms with E-state index < -0.39 is 16.1 Å². The van der Waals surface area contributed by atoms with Gasteiger partial charge < -0.3 is 5.32 Å². The van der Waals surface area contributed by atoms with E-state index in [0.29, 0.717) is 11.4 Å². The fourth-order valence-electron chi connectivity index (χ4n) is 3.24. The summed E-state index contributed by atoms with van der Waals surface area (Å²) in [6.45, 7) is 5.47. The number of aryl methyl sites for hydroxylation is 2. The third kappa shape index (κ3) is 4.02. The van der Waals surface area contributed by atoms with Gasteiger partial charge in [-0.2, -0.15) is 0 Å².